The standard InChI is InChI=1S/C12H13ClO/c1-8-6-10(8)12(14)7-9-4-2-3-5-11(9)13/h2-5,8,10H,6-7H2,1H3. The first-order chi connectivity index (χ1) is 6.68. The van der Waals surface area contributed by atoms with Gasteiger partial charge in [-0.2, -0.15) is 0 Å². The van der Waals surface area contributed by atoms with E-state index in [0.717, 1.165) is 12.0 Å². The van der Waals surface area contributed by atoms with Crippen LogP contribution in [0.25, 0.3) is 0 Å². The average molecular weight is 209 g/mol. The van der Waals surface area contributed by atoms with Crippen molar-refractivity contribution < 1.29 is 4.79 Å². The lowest BCUT2D eigenvalue weighted by atomic mass is 10.1. The van der Waals surface area contributed by atoms with Crippen LogP contribution < -0.4 is 0 Å². The third-order valence-electron chi connectivity index (χ3n) is 2.85. The third kappa shape index (κ3) is 1.98. The highest BCUT2D eigenvalue weighted by Gasteiger charge is 2.38. The van der Waals surface area contributed by atoms with Crippen LogP contribution in [-0.2, 0) is 11.2 Å². The molecule has 0 aliphatic heterocycles. The van der Waals surface area contributed by atoms with E-state index < -0.39 is 0 Å². The van der Waals surface area contributed by atoms with Crippen molar-refractivity contribution in [1.29, 1.82) is 0 Å². The monoisotopic (exact) mass is 208 g/mol. The van der Waals surface area contributed by atoms with Crippen LogP contribution in [-0.4, -0.2) is 5.78 Å². The Labute approximate surface area is 89.1 Å². The van der Waals surface area contributed by atoms with Crippen LogP contribution in [0.3, 0.4) is 0 Å². The number of rotatable bonds is 3. The Morgan fingerprint density at radius 2 is 2.14 bits per heavy atom. The minimum atomic E-state index is 0.297. The van der Waals surface area contributed by atoms with Crippen molar-refractivity contribution in [1.82, 2.24) is 0 Å². The number of hydrogen-bond acceptors (Lipinski definition) is 1. The molecule has 0 aromatic heterocycles. The summed E-state index contributed by atoms with van der Waals surface area (Å²) in [6, 6.07) is 7.56. The molecule has 2 heteroatoms. The maximum absolute atomic E-state index is 11.7. The van der Waals surface area contributed by atoms with Crippen LogP contribution in [0.4, 0.5) is 0 Å². The summed E-state index contributed by atoms with van der Waals surface area (Å²) in [5, 5.41) is 0.703. The van der Waals surface area contributed by atoms with Gasteiger partial charge >= 0.3 is 0 Å². The molecule has 1 aliphatic carbocycles. The van der Waals surface area contributed by atoms with E-state index in [2.05, 4.69) is 6.92 Å². The van der Waals surface area contributed by atoms with Gasteiger partial charge in [0.05, 0.1) is 0 Å². The first-order valence-electron chi connectivity index (χ1n) is 4.94. The molecule has 0 bridgehead atoms. The second kappa shape index (κ2) is 3.74. The zero-order valence-corrected chi connectivity index (χ0v) is 8.92. The maximum Gasteiger partial charge on any atom is 0.140 e. The minimum Gasteiger partial charge on any atom is -0.299 e. The molecule has 2 atom stereocenters. The van der Waals surface area contributed by atoms with E-state index in [1.54, 1.807) is 0 Å². The molecule has 1 fully saturated rings. The van der Waals surface area contributed by atoms with Gasteiger partial charge in [-0.25, -0.2) is 0 Å². The molecule has 1 aliphatic rings. The molecule has 1 aromatic rings. The Kier molecular flexibility index (Phi) is 2.60. The van der Waals surface area contributed by atoms with Gasteiger partial charge in [-0.1, -0.05) is 36.7 Å². The third-order valence-corrected chi connectivity index (χ3v) is 3.21. The summed E-state index contributed by atoms with van der Waals surface area (Å²) in [4.78, 5) is 11.7. The molecule has 74 valence electrons. The fourth-order valence-corrected chi connectivity index (χ4v) is 1.93. The van der Waals surface area contributed by atoms with Gasteiger partial charge in [-0.05, 0) is 24.0 Å². The van der Waals surface area contributed by atoms with Gasteiger partial charge in [-0.15, -0.1) is 0 Å². The largest absolute Gasteiger partial charge is 0.299 e. The first kappa shape index (κ1) is 9.72. The van der Waals surface area contributed by atoms with Crippen LogP contribution in [0.5, 0.6) is 0 Å². The molecular formula is C12H13ClO. The average Bonchev–Trinajstić information content (AvgIpc) is 2.87. The Hall–Kier alpha value is -0.820. The lowest BCUT2D eigenvalue weighted by molar-refractivity contribution is -0.119. The lowest BCUT2D eigenvalue weighted by Crippen LogP contribution is -2.06. The van der Waals surface area contributed by atoms with E-state index in [1.165, 1.54) is 0 Å². The molecule has 0 heterocycles. The van der Waals surface area contributed by atoms with Gasteiger partial charge in [0.2, 0.25) is 0 Å². The predicted molar refractivity (Wildman–Crippen MR) is 57.4 cm³/mol. The molecule has 0 amide bonds. The number of hydrogen-bond donors (Lipinski definition) is 0. The van der Waals surface area contributed by atoms with E-state index in [1.807, 2.05) is 24.3 Å². The van der Waals surface area contributed by atoms with Gasteiger partial charge < -0.3 is 0 Å². The summed E-state index contributed by atoms with van der Waals surface area (Å²) in [6.07, 6.45) is 1.55. The number of ketones is 1. The van der Waals surface area contributed by atoms with Crippen LogP contribution in [0, 0.1) is 11.8 Å². The summed E-state index contributed by atoms with van der Waals surface area (Å²) >= 11 is 5.98. The molecule has 2 rings (SSSR count). The van der Waals surface area contributed by atoms with E-state index >= 15 is 0 Å². The number of carbonyl (C=O) groups excluding carboxylic acids is 1. The molecular weight excluding hydrogens is 196 g/mol. The number of carbonyl (C=O) groups is 1. The van der Waals surface area contributed by atoms with Crippen molar-refractivity contribution in [2.45, 2.75) is 19.8 Å². The van der Waals surface area contributed by atoms with Gasteiger partial charge in [-0.3, -0.25) is 4.79 Å². The van der Waals surface area contributed by atoms with Gasteiger partial charge in [0, 0.05) is 17.4 Å². The summed E-state index contributed by atoms with van der Waals surface area (Å²) in [5.74, 6) is 1.22. The SMILES string of the molecule is CC1CC1C(=O)Cc1ccccc1Cl. The van der Waals surface area contributed by atoms with Crippen LogP contribution in [0.1, 0.15) is 18.9 Å². The van der Waals surface area contributed by atoms with Crippen LogP contribution in [0.15, 0.2) is 24.3 Å². The molecule has 1 saturated carbocycles. The summed E-state index contributed by atoms with van der Waals surface area (Å²) in [5.41, 5.74) is 0.957. The first-order valence-corrected chi connectivity index (χ1v) is 5.32. The maximum atomic E-state index is 11.7. The van der Waals surface area contributed by atoms with E-state index in [-0.39, 0.29) is 0 Å². The smallest absolute Gasteiger partial charge is 0.140 e. The summed E-state index contributed by atoms with van der Waals surface area (Å²) in [7, 11) is 0. The molecule has 14 heavy (non-hydrogen) atoms. The summed E-state index contributed by atoms with van der Waals surface area (Å²) < 4.78 is 0. The lowest BCUT2D eigenvalue weighted by Gasteiger charge is -2.02. The van der Waals surface area contributed by atoms with Gasteiger partial charge in [0.15, 0.2) is 0 Å². The van der Waals surface area contributed by atoms with Crippen molar-refractivity contribution in [2.75, 3.05) is 0 Å². The summed E-state index contributed by atoms with van der Waals surface area (Å²) in [6.45, 7) is 2.12. The van der Waals surface area contributed by atoms with Crippen molar-refractivity contribution in [3.63, 3.8) is 0 Å². The molecule has 1 nitrogen and oxygen atoms in total. The fourth-order valence-electron chi connectivity index (χ4n) is 1.73. The van der Waals surface area contributed by atoms with Crippen molar-refractivity contribution in [2.24, 2.45) is 11.8 Å². The van der Waals surface area contributed by atoms with E-state index in [9.17, 15) is 4.79 Å². The quantitative estimate of drug-likeness (QED) is 0.746. The number of halogens is 1. The molecule has 2 unspecified atom stereocenters. The predicted octanol–water partition coefficient (Wildman–Crippen LogP) is 3.11. The molecule has 0 N–H and O–H groups in total. The van der Waals surface area contributed by atoms with Gasteiger partial charge in [0.25, 0.3) is 0 Å². The van der Waals surface area contributed by atoms with Crippen molar-refractivity contribution in [3.05, 3.63) is 34.9 Å². The highest BCUT2D eigenvalue weighted by atomic mass is 35.5. The van der Waals surface area contributed by atoms with E-state index in [0.29, 0.717) is 29.1 Å². The Morgan fingerprint density at radius 3 is 2.71 bits per heavy atom. The highest BCUT2D eigenvalue weighted by molar-refractivity contribution is 6.31. The molecule has 1 aromatic carbocycles. The van der Waals surface area contributed by atoms with Gasteiger partial charge in [0.1, 0.15) is 5.78 Å². The molecule has 0 radical (unpaired) electrons. The van der Waals surface area contributed by atoms with Crippen LogP contribution in [0.2, 0.25) is 5.02 Å². The Morgan fingerprint density at radius 1 is 1.50 bits per heavy atom. The van der Waals surface area contributed by atoms with Crippen molar-refractivity contribution in [3.8, 4) is 0 Å². The number of benzene rings is 1. The zero-order chi connectivity index (χ0) is 10.1. The fraction of sp³-hybridized carbons (Fsp3) is 0.417. The van der Waals surface area contributed by atoms with Crippen LogP contribution >= 0.6 is 11.6 Å². The highest BCUT2D eigenvalue weighted by Crippen LogP contribution is 2.39. The Balaban J connectivity index is 2.04. The second-order valence-electron chi connectivity index (χ2n) is 4.05. The molecule has 0 saturated heterocycles. The topological polar surface area (TPSA) is 17.1 Å². The Bertz CT molecular complexity index is 359. The zero-order valence-electron chi connectivity index (χ0n) is 8.16. The number of Topliss-reactive ketones (excluding diaryl/α,β-unsaturated/α-hetero) is 1. The normalized spacial score (nSPS) is 24.7. The second-order valence-corrected chi connectivity index (χ2v) is 4.46. The molecule has 0 spiro atoms. The van der Waals surface area contributed by atoms with E-state index in [4.69, 9.17) is 11.6 Å². The minimum absolute atomic E-state index is 0.297. The van der Waals surface area contributed by atoms with Crippen molar-refractivity contribution >= 4 is 17.4 Å².